The summed E-state index contributed by atoms with van der Waals surface area (Å²) < 4.78 is 6.10. The Morgan fingerprint density at radius 2 is 2.04 bits per heavy atom. The van der Waals surface area contributed by atoms with Gasteiger partial charge in [0.05, 0.1) is 10.6 Å². The van der Waals surface area contributed by atoms with Gasteiger partial charge in [-0.05, 0) is 23.6 Å². The molecule has 0 aliphatic heterocycles. The van der Waals surface area contributed by atoms with E-state index in [0.717, 1.165) is 27.0 Å². The molecular weight excluding hydrogens is 453 g/mol. The molecule has 0 radical (unpaired) electrons. The number of hydrogen-bond acceptors (Lipinski definition) is 6. The van der Waals surface area contributed by atoms with Crippen molar-refractivity contribution in [2.75, 3.05) is 5.43 Å². The summed E-state index contributed by atoms with van der Waals surface area (Å²) in [4.78, 5) is 27.6. The van der Waals surface area contributed by atoms with Crippen LogP contribution in [0.2, 0.25) is 0 Å². The average molecular weight is 473 g/mol. The van der Waals surface area contributed by atoms with Gasteiger partial charge < -0.3 is 4.74 Å². The van der Waals surface area contributed by atoms with Crippen LogP contribution in [0.5, 0.6) is 0 Å². The lowest BCUT2D eigenvalue weighted by molar-refractivity contribution is -0.142. The van der Waals surface area contributed by atoms with Gasteiger partial charge in [0.2, 0.25) is 11.0 Å². The van der Waals surface area contributed by atoms with Gasteiger partial charge in [0.1, 0.15) is 6.61 Å². The minimum absolute atomic E-state index is 0.152. The third-order valence-corrected chi connectivity index (χ3v) is 5.22. The molecule has 1 aromatic carbocycles. The number of carbonyl (C=O) groups is 2. The van der Waals surface area contributed by atoms with Gasteiger partial charge in [-0.2, -0.15) is 0 Å². The molecule has 0 saturated carbocycles. The highest BCUT2D eigenvalue weighted by Crippen LogP contribution is 2.33. The minimum atomic E-state index is -0.342. The Hall–Kier alpha value is -1.68. The molecule has 0 fully saturated rings. The molecule has 2 aromatic rings. The second-order valence-electron chi connectivity index (χ2n) is 5.35. The first-order chi connectivity index (χ1) is 11.9. The zero-order valence-electron chi connectivity index (χ0n) is 14.3. The van der Waals surface area contributed by atoms with Crippen molar-refractivity contribution in [2.24, 2.45) is 0 Å². The fourth-order valence-corrected chi connectivity index (χ4v) is 3.86. The molecule has 2 rings (SSSR count). The molecule has 0 atom stereocenters. The lowest BCUT2D eigenvalue weighted by atomic mass is 10.0. The molecule has 0 aliphatic rings. The van der Waals surface area contributed by atoms with Crippen LogP contribution in [0.15, 0.2) is 18.2 Å². The van der Waals surface area contributed by atoms with E-state index in [9.17, 15) is 9.59 Å². The molecule has 0 spiro atoms. The van der Waals surface area contributed by atoms with Crippen molar-refractivity contribution in [3.63, 3.8) is 0 Å². The van der Waals surface area contributed by atoms with Crippen LogP contribution < -0.4 is 10.9 Å². The van der Waals surface area contributed by atoms with Crippen molar-refractivity contribution >= 4 is 50.9 Å². The first kappa shape index (κ1) is 19.6. The molecule has 25 heavy (non-hydrogen) atoms. The molecule has 6 nitrogen and oxygen atoms in total. The van der Waals surface area contributed by atoms with E-state index in [1.54, 1.807) is 0 Å². The molecule has 1 heterocycles. The van der Waals surface area contributed by atoms with E-state index < -0.39 is 0 Å². The van der Waals surface area contributed by atoms with E-state index in [-0.39, 0.29) is 18.5 Å². The minimum Gasteiger partial charge on any atom is -0.460 e. The number of anilines is 1. The maximum absolute atomic E-state index is 11.2. The van der Waals surface area contributed by atoms with Crippen LogP contribution in [-0.4, -0.2) is 16.9 Å². The summed E-state index contributed by atoms with van der Waals surface area (Å²) in [6, 6.07) is 6.26. The van der Waals surface area contributed by atoms with E-state index in [0.29, 0.717) is 5.13 Å². The molecule has 0 aliphatic carbocycles. The number of thiazole rings is 1. The van der Waals surface area contributed by atoms with Crippen molar-refractivity contribution in [2.45, 2.75) is 38.2 Å². The molecule has 134 valence electrons. The number of nitrogens with one attached hydrogen (secondary N) is 2. The van der Waals surface area contributed by atoms with Crippen LogP contribution in [0.25, 0.3) is 11.3 Å². The molecule has 8 heteroatoms. The average Bonchev–Trinajstić information content (AvgIpc) is 3.00. The third kappa shape index (κ3) is 5.40. The summed E-state index contributed by atoms with van der Waals surface area (Å²) in [7, 11) is 0. The molecule has 1 aromatic heterocycles. The number of alkyl halides is 1. The number of rotatable bonds is 7. The van der Waals surface area contributed by atoms with E-state index in [2.05, 4.69) is 57.5 Å². The number of carbonyl (C=O) groups excluding carboxylic acids is 2. The van der Waals surface area contributed by atoms with E-state index >= 15 is 0 Å². The number of esters is 1. The van der Waals surface area contributed by atoms with Crippen molar-refractivity contribution in [3.05, 3.63) is 34.2 Å². The Bertz CT molecular complexity index is 776. The summed E-state index contributed by atoms with van der Waals surface area (Å²) in [6.45, 7) is 5.07. The number of nitrogens with zero attached hydrogens (tertiary/aromatic N) is 1. The largest absolute Gasteiger partial charge is 0.460 e. The number of benzene rings is 1. The lowest BCUT2D eigenvalue weighted by Crippen LogP contribution is -2.26. The summed E-state index contributed by atoms with van der Waals surface area (Å²) in [5.41, 5.74) is 9.60. The van der Waals surface area contributed by atoms with Gasteiger partial charge in [0.15, 0.2) is 0 Å². The normalized spacial score (nSPS) is 10.4. The van der Waals surface area contributed by atoms with E-state index in [1.165, 1.54) is 36.3 Å². The standard InChI is InChI=1S/C17H20IN3O3S/c1-4-12-7-13(5-6-14(12)8-18)16-15(9-24-11(3)23)25-17(19-16)21-20-10(2)22/h5-7H,4,8-9H2,1-3H3,(H,19,21)(H,20,22). The topological polar surface area (TPSA) is 80.3 Å². The Labute approximate surface area is 164 Å². The number of aryl methyl sites for hydroxylation is 1. The van der Waals surface area contributed by atoms with E-state index in [4.69, 9.17) is 4.74 Å². The van der Waals surface area contributed by atoms with Gasteiger partial charge in [-0.3, -0.25) is 20.4 Å². The van der Waals surface area contributed by atoms with Gasteiger partial charge in [-0.1, -0.05) is 53.0 Å². The van der Waals surface area contributed by atoms with Gasteiger partial charge in [-0.25, -0.2) is 4.98 Å². The number of hydrogen-bond donors (Lipinski definition) is 2. The smallest absolute Gasteiger partial charge is 0.302 e. The highest BCUT2D eigenvalue weighted by molar-refractivity contribution is 14.1. The van der Waals surface area contributed by atoms with Gasteiger partial charge in [-0.15, -0.1) is 0 Å². The predicted molar refractivity (Wildman–Crippen MR) is 108 cm³/mol. The second kappa shape index (κ2) is 9.14. The molecular formula is C17H20IN3O3S. The zero-order chi connectivity index (χ0) is 18.4. The second-order valence-corrected chi connectivity index (χ2v) is 7.19. The first-order valence-corrected chi connectivity index (χ1v) is 10.1. The van der Waals surface area contributed by atoms with Crippen LogP contribution in [0, 0.1) is 0 Å². The number of amides is 1. The SMILES string of the molecule is CCc1cc(-c2nc(NNC(C)=O)sc2COC(C)=O)ccc1CI. The highest BCUT2D eigenvalue weighted by atomic mass is 127. The maximum atomic E-state index is 11.2. The third-order valence-electron chi connectivity index (χ3n) is 3.45. The van der Waals surface area contributed by atoms with Crippen LogP contribution in [0.1, 0.15) is 36.8 Å². The number of halogens is 1. The summed E-state index contributed by atoms with van der Waals surface area (Å²) in [5, 5.41) is 0.545. The first-order valence-electron chi connectivity index (χ1n) is 7.78. The zero-order valence-corrected chi connectivity index (χ0v) is 17.3. The Balaban J connectivity index is 2.39. The van der Waals surface area contributed by atoms with Crippen molar-refractivity contribution in [3.8, 4) is 11.3 Å². The monoisotopic (exact) mass is 473 g/mol. The quantitative estimate of drug-likeness (QED) is 0.277. The van der Waals surface area contributed by atoms with Crippen LogP contribution >= 0.6 is 33.9 Å². The summed E-state index contributed by atoms with van der Waals surface area (Å²) >= 11 is 3.70. The molecule has 0 saturated heterocycles. The maximum Gasteiger partial charge on any atom is 0.302 e. The predicted octanol–water partition coefficient (Wildman–Crippen LogP) is 3.83. The Kier molecular flexibility index (Phi) is 7.18. The number of hydrazine groups is 1. The van der Waals surface area contributed by atoms with E-state index in [1.807, 2.05) is 6.07 Å². The molecule has 0 bridgehead atoms. The summed E-state index contributed by atoms with van der Waals surface area (Å²) in [6.07, 6.45) is 0.937. The van der Waals surface area contributed by atoms with Crippen LogP contribution in [-0.2, 0) is 31.8 Å². The van der Waals surface area contributed by atoms with Gasteiger partial charge >= 0.3 is 5.97 Å². The van der Waals surface area contributed by atoms with Crippen molar-refractivity contribution in [1.29, 1.82) is 0 Å². The fraction of sp³-hybridized carbons (Fsp3) is 0.353. The van der Waals surface area contributed by atoms with Crippen molar-refractivity contribution in [1.82, 2.24) is 10.4 Å². The van der Waals surface area contributed by atoms with Gasteiger partial charge in [0, 0.05) is 23.8 Å². The van der Waals surface area contributed by atoms with Crippen molar-refractivity contribution < 1.29 is 14.3 Å². The van der Waals surface area contributed by atoms with Crippen LogP contribution in [0.4, 0.5) is 5.13 Å². The number of aromatic nitrogens is 1. The molecule has 0 unspecified atom stereocenters. The van der Waals surface area contributed by atoms with Crippen LogP contribution in [0.3, 0.4) is 0 Å². The fourth-order valence-electron chi connectivity index (χ4n) is 2.27. The summed E-state index contributed by atoms with van der Waals surface area (Å²) in [5.74, 6) is -0.553. The Morgan fingerprint density at radius 3 is 2.64 bits per heavy atom. The highest BCUT2D eigenvalue weighted by Gasteiger charge is 2.16. The molecule has 2 N–H and O–H groups in total. The lowest BCUT2D eigenvalue weighted by Gasteiger charge is -2.08. The number of ether oxygens (including phenoxy) is 1. The Morgan fingerprint density at radius 1 is 1.28 bits per heavy atom. The molecule has 1 amide bonds. The van der Waals surface area contributed by atoms with Gasteiger partial charge in [0.25, 0.3) is 0 Å².